The highest BCUT2D eigenvalue weighted by molar-refractivity contribution is 7.07. The number of fused-ring (bicyclic) bond motifs is 1. The molecule has 0 amide bonds. The highest BCUT2D eigenvalue weighted by atomic mass is 32.1. The molecule has 1 aliphatic heterocycles. The minimum atomic E-state index is -0.789. The third-order valence-corrected chi connectivity index (χ3v) is 9.80. The van der Waals surface area contributed by atoms with Crippen LogP contribution in [0.4, 0.5) is 0 Å². The lowest BCUT2D eigenvalue weighted by Gasteiger charge is -2.26. The highest BCUT2D eigenvalue weighted by Crippen LogP contribution is 2.38. The van der Waals surface area contributed by atoms with E-state index in [-0.39, 0.29) is 18.3 Å². The van der Waals surface area contributed by atoms with Crippen LogP contribution in [-0.4, -0.2) is 27.8 Å². The summed E-state index contributed by atoms with van der Waals surface area (Å²) in [6.07, 6.45) is 1.84. The number of allylic oxidation sites excluding steroid dienone is 1. The molecule has 51 heavy (non-hydrogen) atoms. The molecule has 0 spiro atoms. The fourth-order valence-electron chi connectivity index (χ4n) is 6.61. The van der Waals surface area contributed by atoms with Crippen molar-refractivity contribution in [3.8, 4) is 34.0 Å². The lowest BCUT2D eigenvalue weighted by Crippen LogP contribution is -2.40. The molecule has 0 N–H and O–H groups in total. The minimum absolute atomic E-state index is 0.120. The second-order valence-corrected chi connectivity index (χ2v) is 13.8. The Hall–Kier alpha value is -5.73. The predicted molar refractivity (Wildman–Crippen MR) is 204 cm³/mol. The molecule has 0 aliphatic carbocycles. The van der Waals surface area contributed by atoms with Crippen molar-refractivity contribution < 1.29 is 14.3 Å². The van der Waals surface area contributed by atoms with Crippen molar-refractivity contribution in [2.24, 2.45) is 4.99 Å². The second kappa shape index (κ2) is 14.2. The maximum Gasteiger partial charge on any atom is 0.338 e. The molecule has 0 bridgehead atoms. The van der Waals surface area contributed by atoms with Crippen LogP contribution < -0.4 is 19.6 Å². The Balaban J connectivity index is 1.51. The Kier molecular flexibility index (Phi) is 9.43. The van der Waals surface area contributed by atoms with Crippen molar-refractivity contribution in [1.82, 2.24) is 9.13 Å². The van der Waals surface area contributed by atoms with Crippen LogP contribution in [0, 0.1) is 6.92 Å². The molecule has 6 aromatic rings. The lowest BCUT2D eigenvalue weighted by molar-refractivity contribution is -0.139. The number of hydrogen-bond acceptors (Lipinski definition) is 6. The van der Waals surface area contributed by atoms with E-state index in [9.17, 15) is 9.59 Å². The van der Waals surface area contributed by atoms with Crippen molar-refractivity contribution >= 4 is 23.4 Å². The smallest absolute Gasteiger partial charge is 0.338 e. The van der Waals surface area contributed by atoms with Gasteiger partial charge in [-0.2, -0.15) is 0 Å². The number of ether oxygens (including phenoxy) is 2. The lowest BCUT2D eigenvalue weighted by atomic mass is 9.95. The number of nitrogens with zero attached hydrogens (tertiary/aromatic N) is 3. The summed E-state index contributed by atoms with van der Waals surface area (Å²) in [7, 11) is 0. The van der Waals surface area contributed by atoms with Gasteiger partial charge in [-0.3, -0.25) is 9.36 Å². The van der Waals surface area contributed by atoms with Crippen LogP contribution in [0.1, 0.15) is 50.4 Å². The fourth-order valence-corrected chi connectivity index (χ4v) is 7.65. The number of carbonyl (C=O) groups is 1. The van der Waals surface area contributed by atoms with Gasteiger partial charge < -0.3 is 14.0 Å². The zero-order valence-corrected chi connectivity index (χ0v) is 30.1. The third kappa shape index (κ3) is 6.51. The Morgan fingerprint density at radius 3 is 2.20 bits per heavy atom. The van der Waals surface area contributed by atoms with Crippen LogP contribution in [0.15, 0.2) is 136 Å². The van der Waals surface area contributed by atoms with Crippen molar-refractivity contribution in [2.45, 2.75) is 46.8 Å². The number of rotatable bonds is 9. The number of thiazole rings is 1. The van der Waals surface area contributed by atoms with E-state index in [1.165, 1.54) is 16.9 Å². The van der Waals surface area contributed by atoms with Gasteiger partial charge in [0, 0.05) is 16.8 Å². The molecular weight excluding hydrogens is 655 g/mol. The first-order chi connectivity index (χ1) is 24.7. The molecule has 0 unspecified atom stereocenters. The number of para-hydroxylation sites is 1. The van der Waals surface area contributed by atoms with Crippen LogP contribution >= 0.6 is 11.3 Å². The number of aryl methyl sites for hydroxylation is 1. The van der Waals surface area contributed by atoms with Gasteiger partial charge in [0.05, 0.1) is 39.9 Å². The Morgan fingerprint density at radius 1 is 0.882 bits per heavy atom. The highest BCUT2D eigenvalue weighted by Gasteiger charge is 2.35. The maximum absolute atomic E-state index is 14.7. The molecule has 2 aromatic heterocycles. The normalized spacial score (nSPS) is 14.4. The molecule has 0 saturated carbocycles. The molecule has 256 valence electrons. The molecule has 0 saturated heterocycles. The first-order valence-corrected chi connectivity index (χ1v) is 18.0. The summed E-state index contributed by atoms with van der Waals surface area (Å²) in [6.45, 7) is 9.74. The van der Waals surface area contributed by atoms with E-state index < -0.39 is 12.0 Å². The molecule has 8 heteroatoms. The fraction of sp³-hybridized carbons (Fsp3) is 0.186. The van der Waals surface area contributed by atoms with E-state index in [4.69, 9.17) is 14.5 Å². The predicted octanol–water partition coefficient (Wildman–Crippen LogP) is 8.02. The first kappa shape index (κ1) is 33.8. The van der Waals surface area contributed by atoms with Crippen LogP contribution in [0.25, 0.3) is 34.3 Å². The molecule has 1 atom stereocenters. The Labute approximate surface area is 301 Å². The van der Waals surface area contributed by atoms with Crippen molar-refractivity contribution in [2.75, 3.05) is 6.61 Å². The van der Waals surface area contributed by atoms with E-state index in [0.717, 1.165) is 33.8 Å². The summed E-state index contributed by atoms with van der Waals surface area (Å²) in [5.74, 6) is 0.0871. The van der Waals surface area contributed by atoms with Crippen LogP contribution in [0.5, 0.6) is 5.75 Å². The van der Waals surface area contributed by atoms with Crippen LogP contribution in [-0.2, 0) is 9.53 Å². The van der Waals surface area contributed by atoms with E-state index >= 15 is 0 Å². The standard InChI is InChI=1S/C43H39N3O4S/c1-6-49-42(48)38-29(5)44-43-46(40(38)34-19-13-14-20-36(34)50-27(2)3)41(47)37(51-43)26-32-25-35(30-15-9-7-10-16-30)45(33-23-21-28(4)22-24-33)39(32)31-17-11-8-12-18-31/h7-27,40H,6H2,1-5H3/b37-26-/t40-/m1/s1. The Morgan fingerprint density at radius 2 is 1.53 bits per heavy atom. The van der Waals surface area contributed by atoms with Gasteiger partial charge in [0.2, 0.25) is 0 Å². The summed E-state index contributed by atoms with van der Waals surface area (Å²) >= 11 is 1.31. The van der Waals surface area contributed by atoms with Gasteiger partial charge in [0.15, 0.2) is 4.80 Å². The van der Waals surface area contributed by atoms with Crippen molar-refractivity contribution in [3.05, 3.63) is 163 Å². The summed E-state index contributed by atoms with van der Waals surface area (Å²) in [4.78, 5) is 33.6. The quantitative estimate of drug-likeness (QED) is 0.144. The minimum Gasteiger partial charge on any atom is -0.491 e. The molecular formula is C43H39N3O4S. The number of aromatic nitrogens is 2. The maximum atomic E-state index is 14.7. The topological polar surface area (TPSA) is 74.8 Å². The molecule has 7 rings (SSSR count). The first-order valence-electron chi connectivity index (χ1n) is 17.1. The van der Waals surface area contributed by atoms with Crippen LogP contribution in [0.3, 0.4) is 0 Å². The summed E-state index contributed by atoms with van der Waals surface area (Å²) in [5, 5.41) is 0. The molecule has 0 radical (unpaired) electrons. The largest absolute Gasteiger partial charge is 0.491 e. The number of carbonyl (C=O) groups excluding carboxylic acids is 1. The van der Waals surface area contributed by atoms with Gasteiger partial charge in [-0.1, -0.05) is 108 Å². The molecule has 1 aliphatic rings. The van der Waals surface area contributed by atoms with Crippen LogP contribution in [0.2, 0.25) is 0 Å². The summed E-state index contributed by atoms with van der Waals surface area (Å²) in [6, 6.07) is 37.9. The SMILES string of the molecule is CCOC(=O)C1=C(C)N=c2s/c(=C\c3cc(-c4ccccc4)n(-c4ccc(C)cc4)c3-c3ccccc3)c(=O)n2[C@@H]1c1ccccc1OC(C)C. The molecule has 4 aromatic carbocycles. The average Bonchev–Trinajstić information content (AvgIpc) is 3.65. The number of esters is 1. The van der Waals surface area contributed by atoms with E-state index in [0.29, 0.717) is 31.9 Å². The van der Waals surface area contributed by atoms with E-state index in [1.54, 1.807) is 18.4 Å². The van der Waals surface area contributed by atoms with Gasteiger partial charge in [0.25, 0.3) is 5.56 Å². The van der Waals surface area contributed by atoms with Gasteiger partial charge >= 0.3 is 5.97 Å². The van der Waals surface area contributed by atoms with Gasteiger partial charge in [-0.05, 0) is 76.1 Å². The number of benzene rings is 4. The number of hydrogen-bond donors (Lipinski definition) is 0. The molecule has 3 heterocycles. The zero-order chi connectivity index (χ0) is 35.6. The third-order valence-electron chi connectivity index (χ3n) is 8.82. The van der Waals surface area contributed by atoms with Gasteiger partial charge in [-0.15, -0.1) is 0 Å². The summed E-state index contributed by atoms with van der Waals surface area (Å²) < 4.78 is 16.1. The van der Waals surface area contributed by atoms with Crippen molar-refractivity contribution in [3.63, 3.8) is 0 Å². The second-order valence-electron chi connectivity index (χ2n) is 12.7. The zero-order valence-electron chi connectivity index (χ0n) is 29.3. The van der Waals surface area contributed by atoms with Crippen molar-refractivity contribution in [1.29, 1.82) is 0 Å². The monoisotopic (exact) mass is 693 g/mol. The molecule has 0 fully saturated rings. The Bertz CT molecular complexity index is 2440. The van der Waals surface area contributed by atoms with Gasteiger partial charge in [-0.25, -0.2) is 9.79 Å². The van der Waals surface area contributed by atoms with Gasteiger partial charge in [0.1, 0.15) is 11.8 Å². The van der Waals surface area contributed by atoms with E-state index in [2.05, 4.69) is 66.1 Å². The van der Waals surface area contributed by atoms with E-state index in [1.807, 2.05) is 80.6 Å². The average molecular weight is 694 g/mol. The summed E-state index contributed by atoms with van der Waals surface area (Å²) in [5.41, 5.74) is 8.34. The molecule has 7 nitrogen and oxygen atoms in total.